The van der Waals surface area contributed by atoms with Crippen molar-refractivity contribution in [3.63, 3.8) is 0 Å². The number of imidazole rings is 1. The van der Waals surface area contributed by atoms with Crippen molar-refractivity contribution >= 4 is 21.6 Å². The van der Waals surface area contributed by atoms with Crippen LogP contribution in [0.1, 0.15) is 25.7 Å². The zero-order valence-electron chi connectivity index (χ0n) is 12.2. The molecule has 3 heterocycles. The van der Waals surface area contributed by atoms with Gasteiger partial charge in [-0.15, -0.1) is 0 Å². The van der Waals surface area contributed by atoms with Crippen molar-refractivity contribution in [1.82, 2.24) is 18.8 Å². The molecule has 118 valence electrons. The molecule has 2 aliphatic rings. The van der Waals surface area contributed by atoms with Crippen LogP contribution in [0, 0.1) is 0 Å². The Kier molecular flexibility index (Phi) is 4.27. The van der Waals surface area contributed by atoms with Gasteiger partial charge < -0.3 is 4.57 Å². The van der Waals surface area contributed by atoms with Crippen molar-refractivity contribution in [3.8, 4) is 0 Å². The molecule has 1 aromatic heterocycles. The van der Waals surface area contributed by atoms with Crippen molar-refractivity contribution in [2.24, 2.45) is 7.05 Å². The van der Waals surface area contributed by atoms with E-state index in [1.54, 1.807) is 11.4 Å². The minimum atomic E-state index is -3.59. The summed E-state index contributed by atoms with van der Waals surface area (Å²) in [5, 5.41) is 0.159. The van der Waals surface area contributed by atoms with Crippen molar-refractivity contribution in [3.05, 3.63) is 11.5 Å². The van der Waals surface area contributed by atoms with Gasteiger partial charge in [0.1, 0.15) is 5.15 Å². The third kappa shape index (κ3) is 2.84. The second-order valence-electron chi connectivity index (χ2n) is 5.85. The standard InChI is InChI=1S/C13H21ClN4O2S/c1-16-10-15-13(12(16)14)21(19,20)18-8-4-5-11(9-18)17-6-2-3-7-17/h10-11H,2-9H2,1H3. The molecule has 0 radical (unpaired) electrons. The SMILES string of the molecule is Cn1cnc(S(=O)(=O)N2CCCC(N3CCCC3)C2)c1Cl. The summed E-state index contributed by atoms with van der Waals surface area (Å²) in [6.07, 6.45) is 5.84. The van der Waals surface area contributed by atoms with Crippen LogP contribution in [0.5, 0.6) is 0 Å². The Bertz CT molecular complexity index is 610. The number of piperidine rings is 1. The van der Waals surface area contributed by atoms with Crippen LogP contribution in [0.3, 0.4) is 0 Å². The predicted octanol–water partition coefficient (Wildman–Crippen LogP) is 1.32. The molecular weight excluding hydrogens is 312 g/mol. The van der Waals surface area contributed by atoms with E-state index in [0.29, 0.717) is 19.1 Å². The van der Waals surface area contributed by atoms with E-state index in [-0.39, 0.29) is 10.2 Å². The quantitative estimate of drug-likeness (QED) is 0.837. The monoisotopic (exact) mass is 332 g/mol. The van der Waals surface area contributed by atoms with Crippen LogP contribution in [-0.4, -0.2) is 59.4 Å². The molecule has 1 aromatic rings. The summed E-state index contributed by atoms with van der Waals surface area (Å²) < 4.78 is 28.5. The predicted molar refractivity (Wildman–Crippen MR) is 80.8 cm³/mol. The Morgan fingerprint density at radius 1 is 1.24 bits per heavy atom. The van der Waals surface area contributed by atoms with Gasteiger partial charge in [-0.1, -0.05) is 11.6 Å². The highest BCUT2D eigenvalue weighted by molar-refractivity contribution is 7.89. The van der Waals surface area contributed by atoms with Gasteiger partial charge >= 0.3 is 0 Å². The van der Waals surface area contributed by atoms with Crippen LogP contribution in [-0.2, 0) is 17.1 Å². The molecule has 1 atom stereocenters. The molecule has 2 fully saturated rings. The molecule has 0 N–H and O–H groups in total. The van der Waals surface area contributed by atoms with Crippen LogP contribution in [0.25, 0.3) is 0 Å². The van der Waals surface area contributed by atoms with E-state index in [0.717, 1.165) is 25.9 Å². The summed E-state index contributed by atoms with van der Waals surface area (Å²) in [6.45, 7) is 3.28. The lowest BCUT2D eigenvalue weighted by atomic mass is 10.1. The highest BCUT2D eigenvalue weighted by Crippen LogP contribution is 2.27. The van der Waals surface area contributed by atoms with Gasteiger partial charge in [0.15, 0.2) is 0 Å². The Hall–Kier alpha value is -0.630. The number of rotatable bonds is 3. The summed E-state index contributed by atoms with van der Waals surface area (Å²) in [6, 6.07) is 0.332. The second-order valence-corrected chi connectivity index (χ2v) is 8.06. The highest BCUT2D eigenvalue weighted by Gasteiger charge is 2.36. The molecule has 0 aliphatic carbocycles. The summed E-state index contributed by atoms with van der Waals surface area (Å²) in [7, 11) is -1.90. The van der Waals surface area contributed by atoms with E-state index in [1.165, 1.54) is 23.7 Å². The Balaban J connectivity index is 1.80. The van der Waals surface area contributed by atoms with Crippen LogP contribution in [0.4, 0.5) is 0 Å². The van der Waals surface area contributed by atoms with Gasteiger partial charge in [-0.25, -0.2) is 13.4 Å². The number of sulfonamides is 1. The average molecular weight is 333 g/mol. The first-order valence-corrected chi connectivity index (χ1v) is 9.23. The lowest BCUT2D eigenvalue weighted by molar-refractivity contribution is 0.162. The van der Waals surface area contributed by atoms with Gasteiger partial charge in [0.25, 0.3) is 10.0 Å². The van der Waals surface area contributed by atoms with Gasteiger partial charge in [-0.3, -0.25) is 4.90 Å². The first kappa shape index (κ1) is 15.3. The van der Waals surface area contributed by atoms with Gasteiger partial charge in [0, 0.05) is 26.2 Å². The van der Waals surface area contributed by atoms with Crippen LogP contribution in [0.15, 0.2) is 11.4 Å². The summed E-state index contributed by atoms with van der Waals surface area (Å²) >= 11 is 6.06. The smallest absolute Gasteiger partial charge is 0.263 e. The Morgan fingerprint density at radius 2 is 1.95 bits per heavy atom. The number of halogens is 1. The van der Waals surface area contributed by atoms with E-state index in [2.05, 4.69) is 9.88 Å². The fourth-order valence-electron chi connectivity index (χ4n) is 3.23. The lowest BCUT2D eigenvalue weighted by Crippen LogP contribution is -2.49. The molecular formula is C13H21ClN4O2S. The van der Waals surface area contributed by atoms with Gasteiger partial charge in [-0.2, -0.15) is 4.31 Å². The third-order valence-electron chi connectivity index (χ3n) is 4.43. The minimum absolute atomic E-state index is 0.0197. The fourth-order valence-corrected chi connectivity index (χ4v) is 5.14. The maximum absolute atomic E-state index is 12.7. The molecule has 6 nitrogen and oxygen atoms in total. The zero-order chi connectivity index (χ0) is 15.0. The van der Waals surface area contributed by atoms with Crippen molar-refractivity contribution in [1.29, 1.82) is 0 Å². The molecule has 2 saturated heterocycles. The number of likely N-dealkylation sites (tertiary alicyclic amines) is 1. The van der Waals surface area contributed by atoms with Gasteiger partial charge in [0.05, 0.1) is 6.33 Å². The van der Waals surface area contributed by atoms with E-state index in [1.807, 2.05) is 0 Å². The molecule has 8 heteroatoms. The molecule has 0 amide bonds. The van der Waals surface area contributed by atoms with E-state index in [4.69, 9.17) is 11.6 Å². The van der Waals surface area contributed by atoms with Gasteiger partial charge in [0.2, 0.25) is 5.03 Å². The number of aryl methyl sites for hydroxylation is 1. The molecule has 0 aromatic carbocycles. The van der Waals surface area contributed by atoms with Crippen molar-refractivity contribution in [2.75, 3.05) is 26.2 Å². The summed E-state index contributed by atoms with van der Waals surface area (Å²) in [5.74, 6) is 0. The number of hydrogen-bond donors (Lipinski definition) is 0. The average Bonchev–Trinajstić information content (AvgIpc) is 3.11. The largest absolute Gasteiger partial charge is 0.324 e. The van der Waals surface area contributed by atoms with E-state index in [9.17, 15) is 8.42 Å². The van der Waals surface area contributed by atoms with Crippen molar-refractivity contribution < 1.29 is 8.42 Å². The number of aromatic nitrogens is 2. The van der Waals surface area contributed by atoms with Crippen LogP contribution < -0.4 is 0 Å². The molecule has 1 unspecified atom stereocenters. The zero-order valence-corrected chi connectivity index (χ0v) is 13.8. The van der Waals surface area contributed by atoms with Crippen molar-refractivity contribution in [2.45, 2.75) is 36.8 Å². The summed E-state index contributed by atoms with van der Waals surface area (Å²) in [4.78, 5) is 6.39. The second kappa shape index (κ2) is 5.87. The van der Waals surface area contributed by atoms with Gasteiger partial charge in [-0.05, 0) is 38.8 Å². The topological polar surface area (TPSA) is 58.4 Å². The molecule has 0 saturated carbocycles. The van der Waals surface area contributed by atoms with Crippen LogP contribution >= 0.6 is 11.6 Å². The fraction of sp³-hybridized carbons (Fsp3) is 0.769. The number of hydrogen-bond acceptors (Lipinski definition) is 4. The van der Waals surface area contributed by atoms with E-state index >= 15 is 0 Å². The molecule has 21 heavy (non-hydrogen) atoms. The normalized spacial score (nSPS) is 25.5. The third-order valence-corrected chi connectivity index (χ3v) is 6.79. The van der Waals surface area contributed by atoms with E-state index < -0.39 is 10.0 Å². The Labute approximate surface area is 130 Å². The van der Waals surface area contributed by atoms with Crippen LogP contribution in [0.2, 0.25) is 5.15 Å². The minimum Gasteiger partial charge on any atom is -0.324 e. The highest BCUT2D eigenvalue weighted by atomic mass is 35.5. The lowest BCUT2D eigenvalue weighted by Gasteiger charge is -2.36. The molecule has 2 aliphatic heterocycles. The first-order chi connectivity index (χ1) is 10.00. The first-order valence-electron chi connectivity index (χ1n) is 7.41. The Morgan fingerprint density at radius 3 is 2.57 bits per heavy atom. The summed E-state index contributed by atoms with van der Waals surface area (Å²) in [5.41, 5.74) is 0. The number of nitrogens with zero attached hydrogens (tertiary/aromatic N) is 4. The molecule has 3 rings (SSSR count). The maximum Gasteiger partial charge on any atom is 0.263 e. The molecule has 0 bridgehead atoms. The molecule has 0 spiro atoms. The maximum atomic E-state index is 12.7.